The molecular weight excluding hydrogens is 202 g/mol. The first-order chi connectivity index (χ1) is 7.74. The van der Waals surface area contributed by atoms with E-state index < -0.39 is 0 Å². The van der Waals surface area contributed by atoms with Crippen molar-refractivity contribution in [3.05, 3.63) is 35.4 Å². The topological polar surface area (TPSA) is 29.5 Å². The molecule has 1 saturated heterocycles. The number of terminal acetylenes is 1. The first-order valence-corrected chi connectivity index (χ1v) is 5.13. The second-order valence-electron chi connectivity index (χ2n) is 3.79. The number of hydrogen-bond donors (Lipinski definition) is 0. The van der Waals surface area contributed by atoms with E-state index in [0.29, 0.717) is 18.7 Å². The van der Waals surface area contributed by atoms with Crippen molar-refractivity contribution in [3.8, 4) is 12.3 Å². The normalized spacial score (nSPS) is 15.4. The summed E-state index contributed by atoms with van der Waals surface area (Å²) in [6.45, 7) is 1.35. The zero-order valence-electron chi connectivity index (χ0n) is 9.14. The summed E-state index contributed by atoms with van der Waals surface area (Å²) in [5.74, 6) is 2.56. The third kappa shape index (κ3) is 1.93. The minimum atomic E-state index is 0.0388. The van der Waals surface area contributed by atoms with Gasteiger partial charge in [-0.3, -0.25) is 4.79 Å². The van der Waals surface area contributed by atoms with Crippen LogP contribution >= 0.6 is 0 Å². The first kappa shape index (κ1) is 10.7. The average molecular weight is 215 g/mol. The van der Waals surface area contributed by atoms with Crippen LogP contribution in [-0.2, 0) is 4.74 Å². The van der Waals surface area contributed by atoms with Gasteiger partial charge in [0.05, 0.1) is 6.10 Å². The predicted octanol–water partition coefficient (Wildman–Crippen LogP) is 1.14. The summed E-state index contributed by atoms with van der Waals surface area (Å²) in [5, 5.41) is 0. The predicted molar refractivity (Wildman–Crippen MR) is 61.1 cm³/mol. The molecular formula is C13H13NO2. The third-order valence-electron chi connectivity index (χ3n) is 2.77. The fraction of sp³-hybridized carbons (Fsp3) is 0.308. The maximum Gasteiger partial charge on any atom is 0.254 e. The van der Waals surface area contributed by atoms with Crippen LogP contribution in [0.1, 0.15) is 15.9 Å². The smallest absolute Gasteiger partial charge is 0.254 e. The minimum Gasteiger partial charge on any atom is -0.378 e. The molecule has 16 heavy (non-hydrogen) atoms. The van der Waals surface area contributed by atoms with Crippen LogP contribution in [0.15, 0.2) is 24.3 Å². The lowest BCUT2D eigenvalue weighted by Gasteiger charge is -2.38. The number of carbonyl (C=O) groups is 1. The van der Waals surface area contributed by atoms with E-state index in [2.05, 4.69) is 5.92 Å². The Morgan fingerprint density at radius 1 is 1.44 bits per heavy atom. The maximum absolute atomic E-state index is 11.9. The van der Waals surface area contributed by atoms with Crippen LogP contribution in [0.4, 0.5) is 0 Å². The summed E-state index contributed by atoms with van der Waals surface area (Å²) in [5.41, 5.74) is 1.46. The highest BCUT2D eigenvalue weighted by atomic mass is 16.5. The lowest BCUT2D eigenvalue weighted by atomic mass is 10.1. The molecule has 1 aliphatic heterocycles. The Balaban J connectivity index is 2.02. The molecule has 1 aliphatic rings. The Hall–Kier alpha value is -1.79. The molecule has 0 bridgehead atoms. The van der Waals surface area contributed by atoms with E-state index in [1.54, 1.807) is 36.3 Å². The number of likely N-dealkylation sites (tertiary alicyclic amines) is 1. The maximum atomic E-state index is 11.9. The lowest BCUT2D eigenvalue weighted by molar-refractivity contribution is -0.0191. The third-order valence-corrected chi connectivity index (χ3v) is 2.77. The van der Waals surface area contributed by atoms with Gasteiger partial charge in [-0.2, -0.15) is 0 Å². The number of ether oxygens (including phenoxy) is 1. The van der Waals surface area contributed by atoms with E-state index in [4.69, 9.17) is 11.2 Å². The van der Waals surface area contributed by atoms with E-state index >= 15 is 0 Å². The van der Waals surface area contributed by atoms with Gasteiger partial charge in [-0.05, 0) is 24.3 Å². The number of amides is 1. The molecule has 1 aromatic carbocycles. The number of methoxy groups -OCH3 is 1. The molecule has 3 nitrogen and oxygen atoms in total. The van der Waals surface area contributed by atoms with Crippen LogP contribution < -0.4 is 0 Å². The van der Waals surface area contributed by atoms with Gasteiger partial charge in [-0.25, -0.2) is 0 Å². The van der Waals surface area contributed by atoms with E-state index in [9.17, 15) is 4.79 Å². The molecule has 0 atom stereocenters. The molecule has 1 aromatic rings. The Kier molecular flexibility index (Phi) is 2.93. The van der Waals surface area contributed by atoms with Gasteiger partial charge < -0.3 is 9.64 Å². The van der Waals surface area contributed by atoms with E-state index in [-0.39, 0.29) is 12.0 Å². The van der Waals surface area contributed by atoms with Crippen molar-refractivity contribution in [2.24, 2.45) is 0 Å². The van der Waals surface area contributed by atoms with Gasteiger partial charge in [-0.1, -0.05) is 5.92 Å². The Morgan fingerprint density at radius 3 is 2.56 bits per heavy atom. The second kappa shape index (κ2) is 4.38. The zero-order valence-corrected chi connectivity index (χ0v) is 9.14. The molecule has 0 spiro atoms. The van der Waals surface area contributed by atoms with Gasteiger partial charge in [0.15, 0.2) is 0 Å². The van der Waals surface area contributed by atoms with Gasteiger partial charge in [0.2, 0.25) is 0 Å². The molecule has 1 fully saturated rings. The van der Waals surface area contributed by atoms with Crippen LogP contribution in [0.2, 0.25) is 0 Å². The molecule has 0 radical (unpaired) electrons. The molecule has 82 valence electrons. The van der Waals surface area contributed by atoms with Crippen LogP contribution in [0, 0.1) is 12.3 Å². The molecule has 2 rings (SSSR count). The molecule has 3 heteroatoms. The number of benzene rings is 1. The van der Waals surface area contributed by atoms with E-state index in [1.165, 1.54) is 0 Å². The van der Waals surface area contributed by atoms with Crippen molar-refractivity contribution in [2.75, 3.05) is 20.2 Å². The van der Waals surface area contributed by atoms with Crippen molar-refractivity contribution in [1.29, 1.82) is 0 Å². The highest BCUT2D eigenvalue weighted by Gasteiger charge is 2.30. The van der Waals surface area contributed by atoms with Gasteiger partial charge in [-0.15, -0.1) is 6.42 Å². The first-order valence-electron chi connectivity index (χ1n) is 5.13. The quantitative estimate of drug-likeness (QED) is 0.692. The molecule has 0 aliphatic carbocycles. The molecule has 1 amide bonds. The average Bonchev–Trinajstić information content (AvgIpc) is 2.27. The van der Waals surface area contributed by atoms with Gasteiger partial charge in [0, 0.05) is 31.3 Å². The highest BCUT2D eigenvalue weighted by molar-refractivity contribution is 5.94. The number of carbonyl (C=O) groups excluding carboxylic acids is 1. The number of hydrogen-bond acceptors (Lipinski definition) is 2. The van der Waals surface area contributed by atoms with Crippen molar-refractivity contribution in [2.45, 2.75) is 6.10 Å². The van der Waals surface area contributed by atoms with Crippen molar-refractivity contribution in [3.63, 3.8) is 0 Å². The summed E-state index contributed by atoms with van der Waals surface area (Å²) >= 11 is 0. The van der Waals surface area contributed by atoms with Crippen molar-refractivity contribution >= 4 is 5.91 Å². The zero-order chi connectivity index (χ0) is 11.5. The fourth-order valence-electron chi connectivity index (χ4n) is 1.64. The molecule has 0 N–H and O–H groups in total. The van der Waals surface area contributed by atoms with Crippen LogP contribution in [0.3, 0.4) is 0 Å². The van der Waals surface area contributed by atoms with E-state index in [0.717, 1.165) is 5.56 Å². The Labute approximate surface area is 95.0 Å². The van der Waals surface area contributed by atoms with Crippen LogP contribution in [-0.4, -0.2) is 37.1 Å². The SMILES string of the molecule is C#Cc1ccc(C(=O)N2CC(OC)C2)cc1. The fourth-order valence-corrected chi connectivity index (χ4v) is 1.64. The van der Waals surface area contributed by atoms with Gasteiger partial charge >= 0.3 is 0 Å². The van der Waals surface area contributed by atoms with E-state index in [1.807, 2.05) is 0 Å². The standard InChI is InChI=1S/C13H13NO2/c1-3-10-4-6-11(7-5-10)13(15)14-8-12(9-14)16-2/h1,4-7,12H,8-9H2,2H3. The summed E-state index contributed by atoms with van der Waals surface area (Å²) < 4.78 is 5.12. The molecule has 0 unspecified atom stereocenters. The summed E-state index contributed by atoms with van der Waals surface area (Å²) in [4.78, 5) is 13.7. The van der Waals surface area contributed by atoms with Crippen molar-refractivity contribution in [1.82, 2.24) is 4.90 Å². The Morgan fingerprint density at radius 2 is 2.06 bits per heavy atom. The number of rotatable bonds is 2. The molecule has 0 saturated carbocycles. The monoisotopic (exact) mass is 215 g/mol. The van der Waals surface area contributed by atoms with Gasteiger partial charge in [0.25, 0.3) is 5.91 Å². The highest BCUT2D eigenvalue weighted by Crippen LogP contribution is 2.15. The second-order valence-corrected chi connectivity index (χ2v) is 3.79. The van der Waals surface area contributed by atoms with Crippen LogP contribution in [0.5, 0.6) is 0 Å². The molecule has 0 aromatic heterocycles. The van der Waals surface area contributed by atoms with Crippen molar-refractivity contribution < 1.29 is 9.53 Å². The molecule has 1 heterocycles. The Bertz CT molecular complexity index is 424. The minimum absolute atomic E-state index is 0.0388. The summed E-state index contributed by atoms with van der Waals surface area (Å²) in [6, 6.07) is 7.08. The van der Waals surface area contributed by atoms with Crippen LogP contribution in [0.25, 0.3) is 0 Å². The lowest BCUT2D eigenvalue weighted by Crippen LogP contribution is -2.54. The number of nitrogens with zero attached hydrogens (tertiary/aromatic N) is 1. The largest absolute Gasteiger partial charge is 0.378 e. The van der Waals surface area contributed by atoms with Gasteiger partial charge in [0.1, 0.15) is 0 Å². The summed E-state index contributed by atoms with van der Waals surface area (Å²) in [7, 11) is 1.66. The summed E-state index contributed by atoms with van der Waals surface area (Å²) in [6.07, 6.45) is 5.44.